The number of halogens is 1. The van der Waals surface area contributed by atoms with Gasteiger partial charge in [-0.1, -0.05) is 35.9 Å². The van der Waals surface area contributed by atoms with Crippen molar-refractivity contribution in [1.29, 1.82) is 5.26 Å². The second-order valence-electron chi connectivity index (χ2n) is 9.39. The highest BCUT2D eigenvalue weighted by atomic mass is 35.5. The number of ether oxygens (including phenoxy) is 1. The lowest BCUT2D eigenvalue weighted by Crippen LogP contribution is -2.44. The summed E-state index contributed by atoms with van der Waals surface area (Å²) in [4.78, 5) is 2.19. The summed E-state index contributed by atoms with van der Waals surface area (Å²) in [6.07, 6.45) is 2.30. The van der Waals surface area contributed by atoms with Crippen LogP contribution in [0, 0.1) is 18.3 Å². The predicted molar refractivity (Wildman–Crippen MR) is 153 cm³/mol. The summed E-state index contributed by atoms with van der Waals surface area (Å²) in [7, 11) is -3.65. The van der Waals surface area contributed by atoms with E-state index in [9.17, 15) is 8.42 Å². The molecule has 6 nitrogen and oxygen atoms in total. The highest BCUT2D eigenvalue weighted by Crippen LogP contribution is 2.36. The fourth-order valence-corrected chi connectivity index (χ4v) is 8.02. The number of likely N-dealkylation sites (tertiary alicyclic amines) is 1. The van der Waals surface area contributed by atoms with E-state index in [1.807, 2.05) is 67.6 Å². The number of thiophene rings is 1. The molecule has 1 unspecified atom stereocenters. The first-order valence-electron chi connectivity index (χ1n) is 12.5. The number of nitriles is 1. The first-order valence-corrected chi connectivity index (χ1v) is 15.2. The van der Waals surface area contributed by atoms with Crippen molar-refractivity contribution in [2.75, 3.05) is 19.7 Å². The Morgan fingerprint density at radius 3 is 2.53 bits per heavy atom. The van der Waals surface area contributed by atoms with Crippen molar-refractivity contribution in [2.45, 2.75) is 36.6 Å². The van der Waals surface area contributed by atoms with Crippen LogP contribution in [0.5, 0.6) is 5.75 Å². The van der Waals surface area contributed by atoms with Gasteiger partial charge in [0, 0.05) is 16.3 Å². The summed E-state index contributed by atoms with van der Waals surface area (Å²) in [5.41, 5.74) is 3.49. The number of hydrogen-bond donors (Lipinski definition) is 1. The van der Waals surface area contributed by atoms with Crippen molar-refractivity contribution in [3.63, 3.8) is 0 Å². The van der Waals surface area contributed by atoms with Crippen LogP contribution in [0.1, 0.15) is 30.4 Å². The zero-order chi connectivity index (χ0) is 26.7. The van der Waals surface area contributed by atoms with E-state index in [-0.39, 0.29) is 6.17 Å². The molecule has 196 valence electrons. The van der Waals surface area contributed by atoms with Crippen LogP contribution in [0.4, 0.5) is 0 Å². The number of sulfonamides is 1. The van der Waals surface area contributed by atoms with Crippen molar-refractivity contribution in [3.8, 4) is 22.9 Å². The molecule has 1 saturated heterocycles. The van der Waals surface area contributed by atoms with E-state index >= 15 is 0 Å². The second kappa shape index (κ2) is 11.4. The number of aryl methyl sites for hydroxylation is 1. The molecule has 0 bridgehead atoms. The Hall–Kier alpha value is -2.93. The fraction of sp³-hybridized carbons (Fsp3) is 0.276. The molecule has 0 saturated carbocycles. The second-order valence-corrected chi connectivity index (χ2v) is 12.8. The normalized spacial score (nSPS) is 16.1. The van der Waals surface area contributed by atoms with E-state index in [0.29, 0.717) is 21.4 Å². The number of rotatable bonds is 9. The van der Waals surface area contributed by atoms with Crippen LogP contribution in [0.25, 0.3) is 21.2 Å². The maximum absolute atomic E-state index is 13.3. The van der Waals surface area contributed by atoms with Crippen LogP contribution in [0.3, 0.4) is 0 Å². The Kier molecular flexibility index (Phi) is 8.03. The molecule has 0 spiro atoms. The largest absolute Gasteiger partial charge is 0.494 e. The molecular formula is C29H28ClN3O3S2. The SMILES string of the molecule is Cc1c(S(=O)(=O)NC2CCCN2CCCOc2ccc(-c3ccc(C#N)cc3)cc2)sc2ccc(Cl)cc12. The Bertz CT molecular complexity index is 1580. The third kappa shape index (κ3) is 5.88. The van der Waals surface area contributed by atoms with Crippen LogP contribution in [0.15, 0.2) is 70.9 Å². The van der Waals surface area contributed by atoms with Crippen LogP contribution >= 0.6 is 22.9 Å². The molecule has 1 aromatic heterocycles. The highest BCUT2D eigenvalue weighted by molar-refractivity contribution is 7.91. The van der Waals surface area contributed by atoms with E-state index < -0.39 is 10.0 Å². The van der Waals surface area contributed by atoms with Crippen molar-refractivity contribution >= 4 is 43.0 Å². The van der Waals surface area contributed by atoms with Crippen molar-refractivity contribution in [1.82, 2.24) is 9.62 Å². The molecule has 1 aliphatic heterocycles. The van der Waals surface area contributed by atoms with Gasteiger partial charge in [0.2, 0.25) is 0 Å². The monoisotopic (exact) mass is 565 g/mol. The van der Waals surface area contributed by atoms with Gasteiger partial charge in [-0.15, -0.1) is 11.3 Å². The van der Waals surface area contributed by atoms with Crippen molar-refractivity contribution in [3.05, 3.63) is 82.9 Å². The topological polar surface area (TPSA) is 82.4 Å². The molecule has 0 radical (unpaired) electrons. The molecule has 0 amide bonds. The van der Waals surface area contributed by atoms with Gasteiger partial charge in [-0.2, -0.15) is 9.98 Å². The van der Waals surface area contributed by atoms with Gasteiger partial charge in [-0.05, 0) is 97.3 Å². The van der Waals surface area contributed by atoms with Crippen LogP contribution in [0.2, 0.25) is 5.02 Å². The predicted octanol–water partition coefficient (Wildman–Crippen LogP) is 6.57. The standard InChI is InChI=1S/C29H28ClN3O3S2/c1-20-26-18-24(30)11-14-27(26)37-29(20)38(34,35)32-28-4-2-15-33(28)16-3-17-36-25-12-9-23(10-13-25)22-7-5-21(19-31)6-8-22/h5-14,18,28,32H,2-4,15-17H2,1H3. The summed E-state index contributed by atoms with van der Waals surface area (Å²) in [6.45, 7) is 3.98. The van der Waals surface area contributed by atoms with Crippen molar-refractivity contribution in [2.24, 2.45) is 0 Å². The molecule has 2 heterocycles. The lowest BCUT2D eigenvalue weighted by molar-refractivity contribution is 0.214. The van der Waals surface area contributed by atoms with E-state index in [4.69, 9.17) is 21.6 Å². The average Bonchev–Trinajstić information content (AvgIpc) is 3.50. The van der Waals surface area contributed by atoms with Gasteiger partial charge in [-0.3, -0.25) is 4.90 Å². The van der Waals surface area contributed by atoms with Crippen molar-refractivity contribution < 1.29 is 13.2 Å². The maximum Gasteiger partial charge on any atom is 0.251 e. The van der Waals surface area contributed by atoms with Crippen LogP contribution in [-0.4, -0.2) is 39.2 Å². The summed E-state index contributed by atoms with van der Waals surface area (Å²) in [5.74, 6) is 0.793. The third-order valence-electron chi connectivity index (χ3n) is 6.81. The van der Waals surface area contributed by atoms with Crippen LogP contribution < -0.4 is 9.46 Å². The summed E-state index contributed by atoms with van der Waals surface area (Å²) in [5, 5.41) is 10.4. The minimum atomic E-state index is -3.65. The Labute approximate surface area is 232 Å². The number of fused-ring (bicyclic) bond motifs is 1. The zero-order valence-corrected chi connectivity index (χ0v) is 23.4. The quantitative estimate of drug-likeness (QED) is 0.232. The first kappa shape index (κ1) is 26.7. The number of nitrogens with one attached hydrogen (secondary N) is 1. The highest BCUT2D eigenvalue weighted by Gasteiger charge is 2.31. The lowest BCUT2D eigenvalue weighted by Gasteiger charge is -2.25. The summed E-state index contributed by atoms with van der Waals surface area (Å²) in [6, 6.07) is 23.0. The molecule has 0 aliphatic carbocycles. The van der Waals surface area contributed by atoms with Gasteiger partial charge >= 0.3 is 0 Å². The molecule has 38 heavy (non-hydrogen) atoms. The zero-order valence-electron chi connectivity index (χ0n) is 21.0. The van der Waals surface area contributed by atoms with E-state index in [2.05, 4.69) is 15.7 Å². The molecule has 1 atom stereocenters. The maximum atomic E-state index is 13.3. The molecule has 5 rings (SSSR count). The van der Waals surface area contributed by atoms with Gasteiger partial charge in [-0.25, -0.2) is 8.42 Å². The van der Waals surface area contributed by atoms with E-state index in [0.717, 1.165) is 64.9 Å². The lowest BCUT2D eigenvalue weighted by atomic mass is 10.0. The molecule has 1 N–H and O–H groups in total. The van der Waals surface area contributed by atoms with Gasteiger partial charge in [0.15, 0.2) is 0 Å². The summed E-state index contributed by atoms with van der Waals surface area (Å²) < 4.78 is 36.7. The Balaban J connectivity index is 1.14. The van der Waals surface area contributed by atoms with Gasteiger partial charge < -0.3 is 4.74 Å². The minimum Gasteiger partial charge on any atom is -0.494 e. The Morgan fingerprint density at radius 1 is 1.11 bits per heavy atom. The Morgan fingerprint density at radius 2 is 1.82 bits per heavy atom. The fourth-order valence-electron chi connectivity index (χ4n) is 4.83. The molecule has 3 aromatic carbocycles. The van der Waals surface area contributed by atoms with E-state index in [1.165, 1.54) is 11.3 Å². The average molecular weight is 566 g/mol. The number of nitrogens with zero attached hydrogens (tertiary/aromatic N) is 2. The molecule has 9 heteroatoms. The smallest absolute Gasteiger partial charge is 0.251 e. The number of hydrogen-bond acceptors (Lipinski definition) is 6. The van der Waals surface area contributed by atoms with Gasteiger partial charge in [0.1, 0.15) is 9.96 Å². The minimum absolute atomic E-state index is 0.222. The molecule has 1 fully saturated rings. The molecule has 1 aliphatic rings. The summed E-state index contributed by atoms with van der Waals surface area (Å²) >= 11 is 7.41. The van der Waals surface area contributed by atoms with Gasteiger partial charge in [0.05, 0.1) is 24.4 Å². The van der Waals surface area contributed by atoms with E-state index in [1.54, 1.807) is 6.07 Å². The van der Waals surface area contributed by atoms with Gasteiger partial charge in [0.25, 0.3) is 10.0 Å². The third-order valence-corrected chi connectivity index (χ3v) is 10.4. The van der Waals surface area contributed by atoms with Crippen LogP contribution in [-0.2, 0) is 10.0 Å². The molecular weight excluding hydrogens is 538 g/mol. The first-order chi connectivity index (χ1) is 18.3. The number of benzene rings is 3. The molecule has 4 aromatic rings.